The number of amides is 2. The zero-order valence-corrected chi connectivity index (χ0v) is 24.1. The van der Waals surface area contributed by atoms with Crippen LogP contribution in [0.15, 0.2) is 36.7 Å². The molecular weight excluding hydrogens is 550 g/mol. The van der Waals surface area contributed by atoms with Crippen LogP contribution in [-0.2, 0) is 30.2 Å². The molecule has 13 nitrogen and oxygen atoms in total. The first-order valence-electron chi connectivity index (χ1n) is 13.3. The third kappa shape index (κ3) is 6.65. The van der Waals surface area contributed by atoms with Crippen molar-refractivity contribution < 1.29 is 27.5 Å². The summed E-state index contributed by atoms with van der Waals surface area (Å²) in [4.78, 5) is 35.5. The number of aromatic nitrogens is 4. The molecule has 1 aliphatic heterocycles. The third-order valence-corrected chi connectivity index (χ3v) is 8.42. The van der Waals surface area contributed by atoms with E-state index in [0.717, 1.165) is 30.4 Å². The average molecular weight is 584 g/mol. The second-order valence-electron chi connectivity index (χ2n) is 10.1. The molecule has 1 aliphatic carbocycles. The lowest BCUT2D eigenvalue weighted by Crippen LogP contribution is -2.50. The summed E-state index contributed by atoms with van der Waals surface area (Å²) in [6, 6.07) is 7.28. The molecule has 0 bridgehead atoms. The lowest BCUT2D eigenvalue weighted by Gasteiger charge is -2.32. The number of piperazine rings is 1. The third-order valence-electron chi connectivity index (χ3n) is 7.12. The lowest BCUT2D eigenvalue weighted by atomic mass is 10.1. The molecule has 0 unspecified atom stereocenters. The van der Waals surface area contributed by atoms with Crippen molar-refractivity contribution in [1.29, 1.82) is 0 Å². The maximum Gasteiger partial charge on any atom is 0.291 e. The molecule has 2 aliphatic rings. The van der Waals surface area contributed by atoms with E-state index in [9.17, 15) is 18.0 Å². The minimum absolute atomic E-state index is 0.0366. The molecule has 3 heterocycles. The van der Waals surface area contributed by atoms with Gasteiger partial charge in [0.05, 0.1) is 19.1 Å². The van der Waals surface area contributed by atoms with Crippen molar-refractivity contribution in [3.8, 4) is 11.5 Å². The van der Waals surface area contributed by atoms with Gasteiger partial charge in [-0.05, 0) is 25.0 Å². The SMILES string of the molecule is COc1c(CNC(=O)c2cc(C3CC3)nn2C)cccc1OCc1cnc(C(=O)N2CCN(S(C)(=O)=O)CC2)nc1. The van der Waals surface area contributed by atoms with E-state index < -0.39 is 10.0 Å². The molecule has 2 fully saturated rings. The number of ether oxygens (including phenoxy) is 2. The molecule has 1 aromatic carbocycles. The molecule has 14 heteroatoms. The molecule has 2 aromatic heterocycles. The molecule has 1 N–H and O–H groups in total. The molecule has 0 spiro atoms. The summed E-state index contributed by atoms with van der Waals surface area (Å²) in [6.45, 7) is 1.41. The van der Waals surface area contributed by atoms with E-state index in [2.05, 4.69) is 20.4 Å². The summed E-state index contributed by atoms with van der Waals surface area (Å²) in [6.07, 6.45) is 6.43. The van der Waals surface area contributed by atoms with Gasteiger partial charge in [0.15, 0.2) is 11.5 Å². The fourth-order valence-corrected chi connectivity index (χ4v) is 5.48. The van der Waals surface area contributed by atoms with Gasteiger partial charge in [0.2, 0.25) is 15.8 Å². The van der Waals surface area contributed by atoms with Crippen molar-refractivity contribution in [3.05, 3.63) is 65.0 Å². The summed E-state index contributed by atoms with van der Waals surface area (Å²) in [5.74, 6) is 0.913. The molecule has 1 saturated heterocycles. The van der Waals surface area contributed by atoms with E-state index in [1.807, 2.05) is 18.2 Å². The highest BCUT2D eigenvalue weighted by atomic mass is 32.2. The number of hydrogen-bond donors (Lipinski definition) is 1. The quantitative estimate of drug-likeness (QED) is 0.373. The van der Waals surface area contributed by atoms with Crippen LogP contribution >= 0.6 is 0 Å². The van der Waals surface area contributed by atoms with Gasteiger partial charge in [0, 0.05) is 69.2 Å². The van der Waals surface area contributed by atoms with Crippen LogP contribution in [0.2, 0.25) is 0 Å². The fraction of sp³-hybridized carbons (Fsp3) is 0.444. The van der Waals surface area contributed by atoms with Crippen molar-refractivity contribution >= 4 is 21.8 Å². The highest BCUT2D eigenvalue weighted by Crippen LogP contribution is 2.39. The number of benzene rings is 1. The Hall–Kier alpha value is -4.04. The molecule has 0 radical (unpaired) electrons. The van der Waals surface area contributed by atoms with Gasteiger partial charge >= 0.3 is 0 Å². The second-order valence-corrected chi connectivity index (χ2v) is 12.1. The Morgan fingerprint density at radius 3 is 2.44 bits per heavy atom. The Kier molecular flexibility index (Phi) is 8.22. The first-order chi connectivity index (χ1) is 19.6. The van der Waals surface area contributed by atoms with Crippen LogP contribution in [0.25, 0.3) is 0 Å². The Morgan fingerprint density at radius 1 is 1.10 bits per heavy atom. The van der Waals surface area contributed by atoms with E-state index in [0.29, 0.717) is 28.7 Å². The lowest BCUT2D eigenvalue weighted by molar-refractivity contribution is 0.0685. The number of rotatable bonds is 10. The predicted octanol–water partition coefficient (Wildman–Crippen LogP) is 1.32. The number of aryl methyl sites for hydroxylation is 1. The summed E-state index contributed by atoms with van der Waals surface area (Å²) in [5.41, 5.74) is 2.86. The summed E-state index contributed by atoms with van der Waals surface area (Å²) < 4.78 is 37.9. The number of methoxy groups -OCH3 is 1. The number of hydrogen-bond acceptors (Lipinski definition) is 9. The maximum absolute atomic E-state index is 12.8. The van der Waals surface area contributed by atoms with E-state index in [1.54, 1.807) is 22.7 Å². The van der Waals surface area contributed by atoms with Crippen LogP contribution in [0.1, 0.15) is 56.7 Å². The van der Waals surface area contributed by atoms with Gasteiger partial charge in [-0.2, -0.15) is 9.40 Å². The Labute approximate surface area is 238 Å². The highest BCUT2D eigenvalue weighted by molar-refractivity contribution is 7.88. The molecule has 2 amide bonds. The van der Waals surface area contributed by atoms with E-state index in [-0.39, 0.29) is 57.0 Å². The highest BCUT2D eigenvalue weighted by Gasteiger charge is 2.29. The first kappa shape index (κ1) is 28.5. The van der Waals surface area contributed by atoms with Gasteiger partial charge < -0.3 is 19.7 Å². The largest absolute Gasteiger partial charge is 0.493 e. The molecule has 0 atom stereocenters. The Morgan fingerprint density at radius 2 is 1.80 bits per heavy atom. The standard InChI is InChI=1S/C27H33N7O6S/c1-32-22(13-21(31-32)19-7-8-19)26(35)30-16-20-5-4-6-23(24(20)39-2)40-17-18-14-28-25(29-15-18)27(36)33-9-11-34(12-10-33)41(3,37)38/h4-6,13-15,19H,7-12,16-17H2,1-3H3,(H,30,35). The van der Waals surface area contributed by atoms with Crippen LogP contribution in [0, 0.1) is 0 Å². The van der Waals surface area contributed by atoms with Crippen LogP contribution < -0.4 is 14.8 Å². The summed E-state index contributed by atoms with van der Waals surface area (Å²) in [7, 11) is 0.0222. The van der Waals surface area contributed by atoms with Gasteiger partial charge in [0.1, 0.15) is 12.3 Å². The number of carbonyl (C=O) groups excluding carboxylic acids is 2. The number of carbonyl (C=O) groups is 2. The van der Waals surface area contributed by atoms with Crippen LogP contribution in [0.5, 0.6) is 11.5 Å². The molecule has 41 heavy (non-hydrogen) atoms. The number of sulfonamides is 1. The van der Waals surface area contributed by atoms with E-state index in [4.69, 9.17) is 9.47 Å². The molecule has 218 valence electrons. The van der Waals surface area contributed by atoms with Crippen molar-refractivity contribution in [1.82, 2.24) is 34.3 Å². The van der Waals surface area contributed by atoms with Crippen molar-refractivity contribution in [3.63, 3.8) is 0 Å². The summed E-state index contributed by atoms with van der Waals surface area (Å²) >= 11 is 0. The number of para-hydroxylation sites is 1. The molecule has 5 rings (SSSR count). The first-order valence-corrected chi connectivity index (χ1v) is 15.1. The van der Waals surface area contributed by atoms with Crippen LogP contribution in [-0.4, -0.2) is 88.7 Å². The maximum atomic E-state index is 12.8. The van der Waals surface area contributed by atoms with E-state index in [1.165, 1.54) is 23.8 Å². The van der Waals surface area contributed by atoms with Crippen molar-refractivity contribution in [2.75, 3.05) is 39.5 Å². The summed E-state index contributed by atoms with van der Waals surface area (Å²) in [5, 5.41) is 7.39. The van der Waals surface area contributed by atoms with Gasteiger partial charge in [-0.25, -0.2) is 18.4 Å². The minimum Gasteiger partial charge on any atom is -0.493 e. The van der Waals surface area contributed by atoms with Gasteiger partial charge in [-0.15, -0.1) is 0 Å². The van der Waals surface area contributed by atoms with Crippen LogP contribution in [0.4, 0.5) is 0 Å². The van der Waals surface area contributed by atoms with Gasteiger partial charge in [0.25, 0.3) is 11.8 Å². The number of nitrogens with one attached hydrogen (secondary N) is 1. The smallest absolute Gasteiger partial charge is 0.291 e. The van der Waals surface area contributed by atoms with Gasteiger partial charge in [-0.3, -0.25) is 14.3 Å². The monoisotopic (exact) mass is 583 g/mol. The topological polar surface area (TPSA) is 149 Å². The van der Waals surface area contributed by atoms with Gasteiger partial charge in [-0.1, -0.05) is 12.1 Å². The van der Waals surface area contributed by atoms with Crippen molar-refractivity contribution in [2.24, 2.45) is 7.05 Å². The molecule has 3 aromatic rings. The minimum atomic E-state index is -3.28. The average Bonchev–Trinajstić information content (AvgIpc) is 3.75. The molecule has 1 saturated carbocycles. The fourth-order valence-electron chi connectivity index (χ4n) is 4.66. The van der Waals surface area contributed by atoms with E-state index >= 15 is 0 Å². The molecular formula is C27H33N7O6S. The Bertz CT molecular complexity index is 1530. The van der Waals surface area contributed by atoms with Crippen LogP contribution in [0.3, 0.4) is 0 Å². The Balaban J connectivity index is 1.17. The second kappa shape index (κ2) is 11.8. The zero-order chi connectivity index (χ0) is 29.1. The predicted molar refractivity (Wildman–Crippen MR) is 148 cm³/mol. The zero-order valence-electron chi connectivity index (χ0n) is 23.2. The number of nitrogens with zero attached hydrogens (tertiary/aromatic N) is 6. The van der Waals surface area contributed by atoms with Crippen molar-refractivity contribution in [2.45, 2.75) is 31.9 Å². The normalized spacial score (nSPS) is 15.9.